The standard InChI is InChI=1S/C19H28N4O2/c1-19(2,3)16-6-7-17(24)23(20-16)12-13-10-21(11-13)15-8-9-22(18(15)25)14-4-5-14/h6-7,13-15H,4-5,8-12H2,1-3H3. The van der Waals surface area contributed by atoms with E-state index >= 15 is 0 Å². The van der Waals surface area contributed by atoms with Crippen LogP contribution in [0.15, 0.2) is 16.9 Å². The van der Waals surface area contributed by atoms with E-state index in [0.717, 1.165) is 31.7 Å². The average Bonchev–Trinajstić information content (AvgIpc) is 3.27. The predicted molar refractivity (Wildman–Crippen MR) is 95.4 cm³/mol. The highest BCUT2D eigenvalue weighted by atomic mass is 16.2. The molecule has 1 aromatic heterocycles. The van der Waals surface area contributed by atoms with Gasteiger partial charge in [0.05, 0.1) is 18.3 Å². The van der Waals surface area contributed by atoms with Crippen molar-refractivity contribution in [2.75, 3.05) is 19.6 Å². The summed E-state index contributed by atoms with van der Waals surface area (Å²) >= 11 is 0. The average molecular weight is 344 g/mol. The van der Waals surface area contributed by atoms with Crippen molar-refractivity contribution < 1.29 is 4.79 Å². The van der Waals surface area contributed by atoms with E-state index in [1.807, 2.05) is 6.07 Å². The molecule has 136 valence electrons. The van der Waals surface area contributed by atoms with E-state index < -0.39 is 0 Å². The molecule has 1 saturated carbocycles. The van der Waals surface area contributed by atoms with Crippen LogP contribution < -0.4 is 5.56 Å². The zero-order valence-electron chi connectivity index (χ0n) is 15.4. The summed E-state index contributed by atoms with van der Waals surface area (Å²) < 4.78 is 1.61. The van der Waals surface area contributed by atoms with E-state index in [4.69, 9.17) is 0 Å². The predicted octanol–water partition coefficient (Wildman–Crippen LogP) is 1.24. The Hall–Kier alpha value is -1.69. The molecular formula is C19H28N4O2. The number of carbonyl (C=O) groups is 1. The lowest BCUT2D eigenvalue weighted by Crippen LogP contribution is -2.56. The molecule has 1 unspecified atom stereocenters. The smallest absolute Gasteiger partial charge is 0.266 e. The fourth-order valence-electron chi connectivity index (χ4n) is 3.98. The van der Waals surface area contributed by atoms with Gasteiger partial charge in [0, 0.05) is 43.1 Å². The minimum Gasteiger partial charge on any atom is -0.338 e. The molecule has 0 bridgehead atoms. The molecular weight excluding hydrogens is 316 g/mol. The third-order valence-electron chi connectivity index (χ3n) is 5.69. The van der Waals surface area contributed by atoms with Crippen molar-refractivity contribution in [3.63, 3.8) is 0 Å². The summed E-state index contributed by atoms with van der Waals surface area (Å²) in [6, 6.07) is 4.05. The van der Waals surface area contributed by atoms with E-state index in [9.17, 15) is 9.59 Å². The third kappa shape index (κ3) is 3.24. The Labute approximate surface area is 148 Å². The van der Waals surface area contributed by atoms with E-state index in [1.54, 1.807) is 10.7 Å². The largest absolute Gasteiger partial charge is 0.338 e. The number of hydrogen-bond donors (Lipinski definition) is 0. The van der Waals surface area contributed by atoms with E-state index in [1.165, 1.54) is 12.8 Å². The van der Waals surface area contributed by atoms with Gasteiger partial charge in [0.1, 0.15) is 0 Å². The molecule has 0 aromatic carbocycles. The van der Waals surface area contributed by atoms with Gasteiger partial charge in [-0.1, -0.05) is 20.8 Å². The van der Waals surface area contributed by atoms with Gasteiger partial charge in [-0.05, 0) is 25.3 Å². The monoisotopic (exact) mass is 344 g/mol. The summed E-state index contributed by atoms with van der Waals surface area (Å²) in [4.78, 5) is 29.0. The lowest BCUT2D eigenvalue weighted by atomic mass is 9.92. The van der Waals surface area contributed by atoms with Gasteiger partial charge in [-0.3, -0.25) is 14.5 Å². The number of likely N-dealkylation sites (tertiary alicyclic amines) is 2. The number of rotatable bonds is 4. The van der Waals surface area contributed by atoms with Gasteiger partial charge >= 0.3 is 0 Å². The SMILES string of the molecule is CC(C)(C)c1ccc(=O)n(CC2CN(C3CCN(C4CC4)C3=O)C2)n1. The second-order valence-electron chi connectivity index (χ2n) is 8.88. The summed E-state index contributed by atoms with van der Waals surface area (Å²) in [5.74, 6) is 0.731. The molecule has 3 aliphatic rings. The zero-order valence-corrected chi connectivity index (χ0v) is 15.4. The van der Waals surface area contributed by atoms with Gasteiger partial charge in [0.15, 0.2) is 0 Å². The first-order valence-corrected chi connectivity index (χ1v) is 9.46. The van der Waals surface area contributed by atoms with Crippen molar-refractivity contribution >= 4 is 5.91 Å². The first-order chi connectivity index (χ1) is 11.8. The van der Waals surface area contributed by atoms with Crippen molar-refractivity contribution in [3.05, 3.63) is 28.2 Å². The minimum absolute atomic E-state index is 0.0386. The Kier molecular flexibility index (Phi) is 3.98. The van der Waals surface area contributed by atoms with Crippen molar-refractivity contribution in [2.24, 2.45) is 5.92 Å². The molecule has 0 spiro atoms. The van der Waals surface area contributed by atoms with E-state index in [0.29, 0.717) is 24.4 Å². The van der Waals surface area contributed by atoms with Crippen molar-refractivity contribution in [2.45, 2.75) is 64.1 Å². The maximum absolute atomic E-state index is 12.5. The number of carbonyl (C=O) groups excluding carboxylic acids is 1. The van der Waals surface area contributed by atoms with Gasteiger partial charge in [0.25, 0.3) is 5.56 Å². The van der Waals surface area contributed by atoms with Crippen LogP contribution in [-0.4, -0.2) is 57.2 Å². The summed E-state index contributed by atoms with van der Waals surface area (Å²) in [6.45, 7) is 9.66. The van der Waals surface area contributed by atoms with Crippen LogP contribution in [0.5, 0.6) is 0 Å². The summed E-state index contributed by atoms with van der Waals surface area (Å²) in [7, 11) is 0. The van der Waals surface area contributed by atoms with Crippen LogP contribution in [0.3, 0.4) is 0 Å². The molecule has 3 heterocycles. The van der Waals surface area contributed by atoms with Gasteiger partial charge in [-0.25, -0.2) is 4.68 Å². The normalized spacial score (nSPS) is 25.5. The highest BCUT2D eigenvalue weighted by Crippen LogP contribution is 2.34. The van der Waals surface area contributed by atoms with E-state index in [-0.39, 0.29) is 17.0 Å². The van der Waals surface area contributed by atoms with Crippen LogP contribution in [0.2, 0.25) is 0 Å². The molecule has 2 saturated heterocycles. The molecule has 1 atom stereocenters. The fraction of sp³-hybridized carbons (Fsp3) is 0.737. The van der Waals surface area contributed by atoms with Crippen LogP contribution >= 0.6 is 0 Å². The Bertz CT molecular complexity index is 726. The summed E-state index contributed by atoms with van der Waals surface area (Å²) in [5.41, 5.74) is 0.835. The molecule has 1 amide bonds. The second-order valence-corrected chi connectivity index (χ2v) is 8.88. The van der Waals surface area contributed by atoms with Crippen LogP contribution in [0.1, 0.15) is 45.7 Å². The van der Waals surface area contributed by atoms with Crippen LogP contribution in [0.25, 0.3) is 0 Å². The van der Waals surface area contributed by atoms with Gasteiger partial charge in [-0.2, -0.15) is 5.10 Å². The molecule has 0 radical (unpaired) electrons. The van der Waals surface area contributed by atoms with Crippen LogP contribution in [0.4, 0.5) is 0 Å². The van der Waals surface area contributed by atoms with E-state index in [2.05, 4.69) is 35.7 Å². The quantitative estimate of drug-likeness (QED) is 0.824. The maximum Gasteiger partial charge on any atom is 0.266 e. The first-order valence-electron chi connectivity index (χ1n) is 9.46. The van der Waals surface area contributed by atoms with Crippen molar-refractivity contribution in [1.82, 2.24) is 19.6 Å². The fourth-order valence-corrected chi connectivity index (χ4v) is 3.98. The van der Waals surface area contributed by atoms with Crippen molar-refractivity contribution in [3.8, 4) is 0 Å². The van der Waals surface area contributed by atoms with Crippen molar-refractivity contribution in [1.29, 1.82) is 0 Å². The highest BCUT2D eigenvalue weighted by molar-refractivity contribution is 5.84. The zero-order chi connectivity index (χ0) is 17.8. The number of aromatic nitrogens is 2. The molecule has 3 fully saturated rings. The highest BCUT2D eigenvalue weighted by Gasteiger charge is 2.45. The molecule has 1 aromatic rings. The molecule has 2 aliphatic heterocycles. The number of amides is 1. The lowest BCUT2D eigenvalue weighted by molar-refractivity contribution is -0.135. The molecule has 6 nitrogen and oxygen atoms in total. The van der Waals surface area contributed by atoms with Crippen LogP contribution in [0, 0.1) is 5.92 Å². The summed E-state index contributed by atoms with van der Waals surface area (Å²) in [6.07, 6.45) is 3.32. The Morgan fingerprint density at radius 3 is 2.48 bits per heavy atom. The molecule has 0 N–H and O–H groups in total. The summed E-state index contributed by atoms with van der Waals surface area (Å²) in [5, 5.41) is 4.56. The van der Waals surface area contributed by atoms with Gasteiger partial charge in [0.2, 0.25) is 5.91 Å². The number of nitrogens with zero attached hydrogens (tertiary/aromatic N) is 4. The molecule has 25 heavy (non-hydrogen) atoms. The molecule has 6 heteroatoms. The second kappa shape index (κ2) is 5.94. The van der Waals surface area contributed by atoms with Gasteiger partial charge < -0.3 is 4.90 Å². The topological polar surface area (TPSA) is 58.4 Å². The Balaban J connectivity index is 1.36. The minimum atomic E-state index is -0.0658. The third-order valence-corrected chi connectivity index (χ3v) is 5.69. The number of hydrogen-bond acceptors (Lipinski definition) is 4. The Morgan fingerprint density at radius 2 is 1.84 bits per heavy atom. The Morgan fingerprint density at radius 1 is 1.12 bits per heavy atom. The van der Waals surface area contributed by atoms with Crippen LogP contribution in [-0.2, 0) is 16.8 Å². The maximum atomic E-state index is 12.5. The molecule has 1 aliphatic carbocycles. The van der Waals surface area contributed by atoms with Gasteiger partial charge in [-0.15, -0.1) is 0 Å². The lowest BCUT2D eigenvalue weighted by Gasteiger charge is -2.42. The first kappa shape index (κ1) is 16.8. The molecule has 4 rings (SSSR count).